The maximum absolute atomic E-state index is 14.7. The van der Waals surface area contributed by atoms with Crippen molar-refractivity contribution in [2.75, 3.05) is 54.5 Å². The fraction of sp³-hybridized carbons (Fsp3) is 0.519. The van der Waals surface area contributed by atoms with Crippen molar-refractivity contribution in [2.24, 2.45) is 11.3 Å². The molecule has 3 atom stereocenters. The maximum Gasteiger partial charge on any atom is 0.293 e. The summed E-state index contributed by atoms with van der Waals surface area (Å²) in [6.07, 6.45) is 12.1. The number of nitro groups is 1. The molecule has 376 valence electrons. The maximum atomic E-state index is 14.7. The molecule has 2 aromatic heterocycles. The van der Waals surface area contributed by atoms with Crippen molar-refractivity contribution >= 4 is 55.4 Å². The van der Waals surface area contributed by atoms with Crippen LogP contribution < -0.4 is 24.6 Å². The SMILES string of the molecule is Cc1ccccc1[C@@H]1CCCN1C1CC2(CCN(c3ccc(C(=O)NS(=O)(=O)c4ccc(NC[C@H]5CC[C@](C)(OC(C)C)CC5)c([N+](=O)[O-])c4)c(N4c5cc6cc[nH]c6nc5O[C@@H]5COC[C@H]54)c3)CC2)C1. The van der Waals surface area contributed by atoms with Crippen LogP contribution in [-0.2, 0) is 19.5 Å². The summed E-state index contributed by atoms with van der Waals surface area (Å²) < 4.78 is 49.3. The van der Waals surface area contributed by atoms with Gasteiger partial charge in [-0.2, -0.15) is 4.98 Å². The van der Waals surface area contributed by atoms with Crippen LogP contribution in [0.4, 0.5) is 28.4 Å². The smallest absolute Gasteiger partial charge is 0.293 e. The van der Waals surface area contributed by atoms with Gasteiger partial charge in [0.1, 0.15) is 23.1 Å². The molecule has 0 radical (unpaired) electrons. The summed E-state index contributed by atoms with van der Waals surface area (Å²) in [6.45, 7) is 12.4. The lowest BCUT2D eigenvalue weighted by Crippen LogP contribution is -2.55. The Bertz CT molecular complexity index is 2940. The van der Waals surface area contributed by atoms with Crippen LogP contribution in [0.3, 0.4) is 0 Å². The van der Waals surface area contributed by atoms with Gasteiger partial charge in [-0.25, -0.2) is 13.1 Å². The first kappa shape index (κ1) is 47.6. The Labute approximate surface area is 416 Å². The van der Waals surface area contributed by atoms with E-state index in [1.807, 2.05) is 49.2 Å². The number of ether oxygens (including phenoxy) is 3. The molecule has 1 amide bonds. The summed E-state index contributed by atoms with van der Waals surface area (Å²) in [6, 6.07) is 22.8. The number of aryl methyl sites for hydroxylation is 1. The Balaban J connectivity index is 0.843. The molecule has 3 saturated heterocycles. The van der Waals surface area contributed by atoms with Crippen LogP contribution in [0.5, 0.6) is 5.88 Å². The molecule has 3 aromatic carbocycles. The Kier molecular flexibility index (Phi) is 12.5. The normalized spacial score (nSPS) is 25.5. The van der Waals surface area contributed by atoms with Crippen LogP contribution >= 0.6 is 0 Å². The van der Waals surface area contributed by atoms with Crippen molar-refractivity contribution < 1.29 is 32.3 Å². The van der Waals surface area contributed by atoms with Crippen molar-refractivity contribution in [3.05, 3.63) is 106 Å². The van der Waals surface area contributed by atoms with Crippen LogP contribution in [0, 0.1) is 28.4 Å². The van der Waals surface area contributed by atoms with E-state index in [1.165, 1.54) is 48.9 Å². The predicted molar refractivity (Wildman–Crippen MR) is 273 cm³/mol. The highest BCUT2D eigenvalue weighted by molar-refractivity contribution is 7.90. The number of amides is 1. The number of nitro benzene ring substituents is 1. The van der Waals surface area contributed by atoms with E-state index in [1.54, 1.807) is 6.07 Å². The average Bonchev–Trinajstić information content (AvgIpc) is 4.13. The van der Waals surface area contributed by atoms with E-state index >= 15 is 0 Å². The monoisotopic (exact) mass is 986 g/mol. The zero-order chi connectivity index (χ0) is 49.2. The number of piperidine rings is 1. The molecule has 6 heterocycles. The molecule has 5 aromatic rings. The van der Waals surface area contributed by atoms with Gasteiger partial charge in [0.05, 0.1) is 52.0 Å². The molecule has 3 N–H and O–H groups in total. The second-order valence-electron chi connectivity index (χ2n) is 21.7. The van der Waals surface area contributed by atoms with Gasteiger partial charge >= 0.3 is 0 Å². The molecule has 0 bridgehead atoms. The van der Waals surface area contributed by atoms with Crippen molar-refractivity contribution in [3.8, 4) is 5.88 Å². The number of aromatic nitrogens is 2. The molecule has 2 saturated carbocycles. The summed E-state index contributed by atoms with van der Waals surface area (Å²) in [4.78, 5) is 41.3. The van der Waals surface area contributed by atoms with Crippen molar-refractivity contribution in [1.29, 1.82) is 0 Å². The molecule has 0 unspecified atom stereocenters. The fourth-order valence-corrected chi connectivity index (χ4v) is 13.8. The highest BCUT2D eigenvalue weighted by atomic mass is 32.2. The molecule has 11 rings (SSSR count). The van der Waals surface area contributed by atoms with Crippen molar-refractivity contribution in [2.45, 2.75) is 133 Å². The van der Waals surface area contributed by atoms with Crippen LogP contribution in [0.15, 0.2) is 83.9 Å². The molecular formula is C54H66N8O8S. The summed E-state index contributed by atoms with van der Waals surface area (Å²) in [5, 5.41) is 16.5. The van der Waals surface area contributed by atoms with Gasteiger partial charge in [-0.1, -0.05) is 24.3 Å². The van der Waals surface area contributed by atoms with Gasteiger partial charge in [-0.05, 0) is 163 Å². The molecule has 71 heavy (non-hydrogen) atoms. The number of nitrogens with one attached hydrogen (secondary N) is 3. The van der Waals surface area contributed by atoms with Crippen LogP contribution in [-0.4, -0.2) is 103 Å². The Hall–Kier alpha value is -5.75. The lowest BCUT2D eigenvalue weighted by atomic mass is 9.59. The summed E-state index contributed by atoms with van der Waals surface area (Å²) in [5.74, 6) is -0.220. The highest BCUT2D eigenvalue weighted by Crippen LogP contribution is 2.54. The topological polar surface area (TPSA) is 184 Å². The quantitative estimate of drug-likeness (QED) is 0.0749. The number of carbonyl (C=O) groups is 1. The zero-order valence-corrected chi connectivity index (χ0v) is 42.0. The van der Waals surface area contributed by atoms with E-state index in [-0.39, 0.29) is 34.9 Å². The molecule has 4 aliphatic heterocycles. The Morgan fingerprint density at radius 2 is 1.76 bits per heavy atom. The van der Waals surface area contributed by atoms with Crippen molar-refractivity contribution in [1.82, 2.24) is 19.6 Å². The minimum absolute atomic E-state index is 0.115. The number of hydrogen-bond acceptors (Lipinski definition) is 13. The minimum atomic E-state index is -4.60. The first-order chi connectivity index (χ1) is 34.1. The summed E-state index contributed by atoms with van der Waals surface area (Å²) >= 11 is 0. The first-order valence-electron chi connectivity index (χ1n) is 25.6. The summed E-state index contributed by atoms with van der Waals surface area (Å²) in [7, 11) is -4.60. The molecule has 2 aliphatic carbocycles. The Morgan fingerprint density at radius 1 is 0.972 bits per heavy atom. The van der Waals surface area contributed by atoms with Crippen molar-refractivity contribution in [3.63, 3.8) is 0 Å². The number of benzene rings is 3. The number of H-pyrrole nitrogens is 1. The molecular weight excluding hydrogens is 921 g/mol. The van der Waals surface area contributed by atoms with Crippen LogP contribution in [0.1, 0.15) is 113 Å². The number of carbonyl (C=O) groups excluding carboxylic acids is 1. The largest absolute Gasteiger partial charge is 0.468 e. The second-order valence-corrected chi connectivity index (χ2v) is 23.4. The molecule has 1 spiro atoms. The van der Waals surface area contributed by atoms with Gasteiger partial charge in [0, 0.05) is 55.1 Å². The van der Waals surface area contributed by atoms with E-state index < -0.39 is 37.5 Å². The first-order valence-corrected chi connectivity index (χ1v) is 27.1. The van der Waals surface area contributed by atoms with Gasteiger partial charge in [0.2, 0.25) is 5.88 Å². The third kappa shape index (κ3) is 9.23. The number of likely N-dealkylation sites (tertiary alicyclic amines) is 1. The van der Waals surface area contributed by atoms with E-state index in [0.29, 0.717) is 60.2 Å². The zero-order valence-electron chi connectivity index (χ0n) is 41.2. The minimum Gasteiger partial charge on any atom is -0.468 e. The van der Waals surface area contributed by atoms with Gasteiger partial charge in [-0.15, -0.1) is 0 Å². The van der Waals surface area contributed by atoms with E-state index in [2.05, 4.69) is 62.9 Å². The average molecular weight is 987 g/mol. The Morgan fingerprint density at radius 3 is 2.52 bits per heavy atom. The number of fused-ring (bicyclic) bond motifs is 3. The molecule has 16 nitrogen and oxygen atoms in total. The number of hydrogen-bond donors (Lipinski definition) is 3. The number of pyridine rings is 1. The van der Waals surface area contributed by atoms with E-state index in [4.69, 9.17) is 19.2 Å². The van der Waals surface area contributed by atoms with Gasteiger partial charge < -0.3 is 34.3 Å². The number of aromatic amines is 1. The summed E-state index contributed by atoms with van der Waals surface area (Å²) in [5.41, 5.74) is 5.58. The van der Waals surface area contributed by atoms with Crippen LogP contribution in [0.25, 0.3) is 11.0 Å². The lowest BCUT2D eigenvalue weighted by molar-refractivity contribution is -0.384. The number of nitrogens with zero attached hydrogens (tertiary/aromatic N) is 5. The van der Waals surface area contributed by atoms with Gasteiger partial charge in [-0.3, -0.25) is 19.8 Å². The lowest BCUT2D eigenvalue weighted by Gasteiger charge is -2.56. The molecule has 5 fully saturated rings. The van der Waals surface area contributed by atoms with Gasteiger partial charge in [0.15, 0.2) is 0 Å². The van der Waals surface area contributed by atoms with Crippen LogP contribution in [0.2, 0.25) is 0 Å². The third-order valence-corrected chi connectivity index (χ3v) is 18.0. The molecule has 17 heteroatoms. The van der Waals surface area contributed by atoms with Gasteiger partial charge in [0.25, 0.3) is 21.6 Å². The van der Waals surface area contributed by atoms with E-state index in [9.17, 15) is 23.3 Å². The third-order valence-electron chi connectivity index (χ3n) is 16.6. The number of sulfonamides is 1. The number of rotatable bonds is 13. The fourth-order valence-electron chi connectivity index (χ4n) is 12.8. The highest BCUT2D eigenvalue weighted by Gasteiger charge is 2.50. The number of anilines is 4. The standard InChI is InChI=1S/C54H66N8O8S/c1-34(2)70-53(4)18-15-36(16-19-53)31-56-43-14-12-40(28-46(43)62(64)65)71(66,67)58-51(63)42-13-11-38(27-45(42)61-47-26-37-17-22-55-50(37)57-52(47)69-49-33-68-32-48(49)61)59-24-20-54(21-25-59)29-39(30-54)60-23-7-10-44(60)41-9-6-5-8-35(41)3/h5-6,8-9,11-14,17,22,26-28,34,36,39,44,48-49,56H,7,10,15-16,18-21,23-25,29-33H2,1-4H3,(H,55,57)(H,58,63)/t36-,44-,48+,49+,53-/m0/s1. The second kappa shape index (κ2) is 18.7. The van der Waals surface area contributed by atoms with E-state index in [0.717, 1.165) is 75.3 Å². The predicted octanol–water partition coefficient (Wildman–Crippen LogP) is 9.57. The molecule has 6 aliphatic rings.